The van der Waals surface area contributed by atoms with Gasteiger partial charge in [0.1, 0.15) is 0 Å². The van der Waals surface area contributed by atoms with Crippen molar-refractivity contribution in [2.24, 2.45) is 5.73 Å². The number of benzene rings is 1. The first kappa shape index (κ1) is 7.09. The van der Waals surface area contributed by atoms with Crippen LogP contribution in [0.1, 0.15) is 18.5 Å². The second kappa shape index (κ2) is 2.71. The van der Waals surface area contributed by atoms with Gasteiger partial charge in [-0.25, -0.2) is 0 Å². The average Bonchev–Trinajstić information content (AvgIpc) is 1.88. The highest BCUT2D eigenvalue weighted by molar-refractivity contribution is 5.47. The van der Waals surface area contributed by atoms with Crippen LogP contribution in [0.4, 0.5) is 5.69 Å². The molecule has 54 valence electrons. The van der Waals surface area contributed by atoms with Crippen molar-refractivity contribution in [2.75, 3.05) is 5.73 Å². The van der Waals surface area contributed by atoms with Crippen LogP contribution < -0.4 is 11.5 Å². The lowest BCUT2D eigenvalue weighted by Gasteiger charge is -2.07. The lowest BCUT2D eigenvalue weighted by Crippen LogP contribution is -2.07. The summed E-state index contributed by atoms with van der Waals surface area (Å²) < 4.78 is 0. The van der Waals surface area contributed by atoms with Crippen molar-refractivity contribution >= 4 is 5.69 Å². The monoisotopic (exact) mass is 136 g/mol. The number of anilines is 1. The van der Waals surface area contributed by atoms with Crippen LogP contribution in [-0.2, 0) is 0 Å². The maximum absolute atomic E-state index is 5.64. The van der Waals surface area contributed by atoms with E-state index >= 15 is 0 Å². The van der Waals surface area contributed by atoms with E-state index in [9.17, 15) is 0 Å². The second-order valence-electron chi connectivity index (χ2n) is 2.42. The van der Waals surface area contributed by atoms with Crippen molar-refractivity contribution < 1.29 is 0 Å². The third-order valence-electron chi connectivity index (χ3n) is 1.49. The minimum atomic E-state index is 0.0289. The van der Waals surface area contributed by atoms with Crippen molar-refractivity contribution in [3.8, 4) is 0 Å². The summed E-state index contributed by atoms with van der Waals surface area (Å²) in [6.07, 6.45) is 0. The number of rotatable bonds is 1. The van der Waals surface area contributed by atoms with Crippen molar-refractivity contribution in [3.63, 3.8) is 0 Å². The maximum Gasteiger partial charge on any atom is 0.0362 e. The third-order valence-corrected chi connectivity index (χ3v) is 1.49. The molecule has 0 amide bonds. The van der Waals surface area contributed by atoms with E-state index in [1.54, 1.807) is 0 Å². The van der Waals surface area contributed by atoms with Gasteiger partial charge in [-0.1, -0.05) is 18.2 Å². The summed E-state index contributed by atoms with van der Waals surface area (Å²) in [5.74, 6) is 0. The second-order valence-corrected chi connectivity index (χ2v) is 2.42. The smallest absolute Gasteiger partial charge is 0.0362 e. The molecule has 0 saturated carbocycles. The molecule has 0 aliphatic heterocycles. The SMILES string of the molecule is CC(N)c1ccccc1N. The Balaban J connectivity index is 3.03. The molecule has 0 spiro atoms. The fourth-order valence-corrected chi connectivity index (χ4v) is 0.926. The summed E-state index contributed by atoms with van der Waals surface area (Å²) in [4.78, 5) is 0. The molecule has 2 nitrogen and oxygen atoms in total. The normalized spacial score (nSPS) is 13.0. The van der Waals surface area contributed by atoms with Crippen molar-refractivity contribution in [1.82, 2.24) is 0 Å². The van der Waals surface area contributed by atoms with Gasteiger partial charge in [-0.15, -0.1) is 0 Å². The van der Waals surface area contributed by atoms with E-state index in [1.807, 2.05) is 31.2 Å². The fraction of sp³-hybridized carbons (Fsp3) is 0.250. The minimum Gasteiger partial charge on any atom is -0.398 e. The van der Waals surface area contributed by atoms with Crippen molar-refractivity contribution in [3.05, 3.63) is 29.8 Å². The Morgan fingerprint density at radius 1 is 1.30 bits per heavy atom. The van der Waals surface area contributed by atoms with E-state index in [0.29, 0.717) is 0 Å². The molecule has 0 bridgehead atoms. The lowest BCUT2D eigenvalue weighted by atomic mass is 10.1. The quantitative estimate of drug-likeness (QED) is 0.571. The summed E-state index contributed by atoms with van der Waals surface area (Å²) >= 11 is 0. The largest absolute Gasteiger partial charge is 0.398 e. The van der Waals surface area contributed by atoms with E-state index in [-0.39, 0.29) is 6.04 Å². The van der Waals surface area contributed by atoms with Crippen LogP contribution in [0, 0.1) is 0 Å². The van der Waals surface area contributed by atoms with Gasteiger partial charge in [0, 0.05) is 11.7 Å². The molecule has 0 fully saturated rings. The predicted molar refractivity (Wildman–Crippen MR) is 43.5 cm³/mol. The van der Waals surface area contributed by atoms with Crippen LogP contribution in [0.15, 0.2) is 24.3 Å². The zero-order valence-corrected chi connectivity index (χ0v) is 6.04. The van der Waals surface area contributed by atoms with Crippen LogP contribution in [-0.4, -0.2) is 0 Å². The first-order valence-corrected chi connectivity index (χ1v) is 3.32. The van der Waals surface area contributed by atoms with Crippen LogP contribution in [0.25, 0.3) is 0 Å². The summed E-state index contributed by atoms with van der Waals surface area (Å²) in [5.41, 5.74) is 13.1. The number of nitrogen functional groups attached to an aromatic ring is 1. The molecule has 0 aliphatic rings. The topological polar surface area (TPSA) is 52.0 Å². The molecular weight excluding hydrogens is 124 g/mol. The van der Waals surface area contributed by atoms with Crippen LogP contribution in [0.5, 0.6) is 0 Å². The summed E-state index contributed by atoms with van der Waals surface area (Å²) in [6, 6.07) is 7.68. The highest BCUT2D eigenvalue weighted by Gasteiger charge is 2.00. The summed E-state index contributed by atoms with van der Waals surface area (Å²) in [6.45, 7) is 1.92. The average molecular weight is 136 g/mol. The zero-order valence-electron chi connectivity index (χ0n) is 6.04. The molecule has 0 saturated heterocycles. The standard InChI is InChI=1S/C8H12N2/c1-6(9)7-4-2-3-5-8(7)10/h2-6H,9-10H2,1H3. The first-order chi connectivity index (χ1) is 4.72. The molecule has 1 unspecified atom stereocenters. The molecule has 1 aromatic carbocycles. The molecule has 1 atom stereocenters. The van der Waals surface area contributed by atoms with E-state index in [0.717, 1.165) is 11.3 Å². The van der Waals surface area contributed by atoms with Gasteiger partial charge in [-0.05, 0) is 18.6 Å². The van der Waals surface area contributed by atoms with Gasteiger partial charge in [0.25, 0.3) is 0 Å². The van der Waals surface area contributed by atoms with Crippen molar-refractivity contribution in [1.29, 1.82) is 0 Å². The predicted octanol–water partition coefficient (Wildman–Crippen LogP) is 1.29. The zero-order chi connectivity index (χ0) is 7.56. The molecule has 1 rings (SSSR count). The molecule has 0 aromatic heterocycles. The summed E-state index contributed by atoms with van der Waals surface area (Å²) in [5, 5.41) is 0. The van der Waals surface area contributed by atoms with E-state index in [1.165, 1.54) is 0 Å². The Hall–Kier alpha value is -1.02. The Morgan fingerprint density at radius 3 is 2.30 bits per heavy atom. The molecule has 0 radical (unpaired) electrons. The minimum absolute atomic E-state index is 0.0289. The van der Waals surface area contributed by atoms with E-state index in [2.05, 4.69) is 0 Å². The van der Waals surface area contributed by atoms with Crippen LogP contribution in [0.3, 0.4) is 0 Å². The Bertz CT molecular complexity index is 218. The molecule has 2 heteroatoms. The van der Waals surface area contributed by atoms with Gasteiger partial charge in [-0.2, -0.15) is 0 Å². The van der Waals surface area contributed by atoms with E-state index in [4.69, 9.17) is 11.5 Å². The molecule has 10 heavy (non-hydrogen) atoms. The number of hydrogen-bond acceptors (Lipinski definition) is 2. The Morgan fingerprint density at radius 2 is 1.90 bits per heavy atom. The first-order valence-electron chi connectivity index (χ1n) is 3.32. The van der Waals surface area contributed by atoms with Gasteiger partial charge < -0.3 is 11.5 Å². The molecule has 1 aromatic rings. The highest BCUT2D eigenvalue weighted by atomic mass is 14.6. The number of nitrogens with two attached hydrogens (primary N) is 2. The van der Waals surface area contributed by atoms with Crippen LogP contribution >= 0.6 is 0 Å². The maximum atomic E-state index is 5.64. The van der Waals surface area contributed by atoms with Gasteiger partial charge in [-0.3, -0.25) is 0 Å². The Labute approximate surface area is 60.8 Å². The molecule has 4 N–H and O–H groups in total. The third kappa shape index (κ3) is 1.28. The molecule has 0 aliphatic carbocycles. The van der Waals surface area contributed by atoms with Gasteiger partial charge in [0.15, 0.2) is 0 Å². The Kier molecular flexibility index (Phi) is 1.92. The highest BCUT2D eigenvalue weighted by Crippen LogP contribution is 2.16. The van der Waals surface area contributed by atoms with Gasteiger partial charge in [0.2, 0.25) is 0 Å². The summed E-state index contributed by atoms with van der Waals surface area (Å²) in [7, 11) is 0. The molecule has 0 heterocycles. The van der Waals surface area contributed by atoms with E-state index < -0.39 is 0 Å². The fourth-order valence-electron chi connectivity index (χ4n) is 0.926. The molecular formula is C8H12N2. The lowest BCUT2D eigenvalue weighted by molar-refractivity contribution is 0.821. The van der Waals surface area contributed by atoms with Gasteiger partial charge in [0.05, 0.1) is 0 Å². The van der Waals surface area contributed by atoms with Gasteiger partial charge >= 0.3 is 0 Å². The van der Waals surface area contributed by atoms with Crippen LogP contribution in [0.2, 0.25) is 0 Å². The number of hydrogen-bond donors (Lipinski definition) is 2. The number of para-hydroxylation sites is 1. The van der Waals surface area contributed by atoms with Crippen molar-refractivity contribution in [2.45, 2.75) is 13.0 Å².